The van der Waals surface area contributed by atoms with Crippen molar-refractivity contribution >= 4 is 0 Å². The number of aliphatic hydroxyl groups is 1. The highest BCUT2D eigenvalue weighted by Crippen LogP contribution is 2.44. The maximum absolute atomic E-state index is 13.4. The molecular weight excluding hydrogens is 263 g/mol. The molecule has 1 saturated carbocycles. The molecule has 2 aromatic rings. The first kappa shape index (κ1) is 13.0. The van der Waals surface area contributed by atoms with E-state index in [0.717, 1.165) is 23.1 Å². The van der Waals surface area contributed by atoms with E-state index in [-0.39, 0.29) is 5.82 Å². The van der Waals surface area contributed by atoms with Crippen molar-refractivity contribution in [3.8, 4) is 0 Å². The van der Waals surface area contributed by atoms with Crippen LogP contribution in [0.2, 0.25) is 0 Å². The zero-order valence-electron chi connectivity index (χ0n) is 12.0. The number of aryl methyl sites for hydroxylation is 1. The van der Waals surface area contributed by atoms with Gasteiger partial charge in [-0.25, -0.2) is 4.39 Å². The third-order valence-electron chi connectivity index (χ3n) is 5.21. The van der Waals surface area contributed by atoms with Gasteiger partial charge >= 0.3 is 0 Å². The van der Waals surface area contributed by atoms with Crippen molar-refractivity contribution in [2.24, 2.45) is 0 Å². The highest BCUT2D eigenvalue weighted by Gasteiger charge is 2.38. The molecule has 21 heavy (non-hydrogen) atoms. The summed E-state index contributed by atoms with van der Waals surface area (Å²) in [5, 5.41) is 11.2. The Morgan fingerprint density at radius 1 is 1.10 bits per heavy atom. The van der Waals surface area contributed by atoms with E-state index in [2.05, 4.69) is 12.1 Å². The van der Waals surface area contributed by atoms with Crippen LogP contribution in [0.25, 0.3) is 0 Å². The molecule has 108 valence electrons. The molecule has 0 bridgehead atoms. The summed E-state index contributed by atoms with van der Waals surface area (Å²) in [5.41, 5.74) is 3.14. The number of hydrogen-bond acceptors (Lipinski definition) is 1. The average Bonchev–Trinajstić information content (AvgIpc) is 2.75. The van der Waals surface area contributed by atoms with Gasteiger partial charge in [-0.3, -0.25) is 0 Å². The molecule has 0 spiro atoms. The van der Waals surface area contributed by atoms with Gasteiger partial charge in [0.2, 0.25) is 0 Å². The minimum Gasteiger partial charge on any atom is -0.380 e. The van der Waals surface area contributed by atoms with Gasteiger partial charge in [-0.15, -0.1) is 0 Å². The van der Waals surface area contributed by atoms with Crippen LogP contribution in [0.3, 0.4) is 0 Å². The smallest absolute Gasteiger partial charge is 0.123 e. The molecule has 0 aromatic heterocycles. The Morgan fingerprint density at radius 2 is 1.95 bits per heavy atom. The maximum Gasteiger partial charge on any atom is 0.123 e. The molecule has 4 rings (SSSR count). The van der Waals surface area contributed by atoms with Crippen LogP contribution in [0.1, 0.15) is 53.9 Å². The zero-order valence-corrected chi connectivity index (χ0v) is 12.0. The second-order valence-electron chi connectivity index (χ2n) is 6.42. The standard InChI is InChI=1S/C19H19FO/c20-17-7-8-18-15(12-17)9-10-19(18,21)16-6-2-5-14(11-16)13-3-1-4-13/h2,5-8,11-13,21H,1,3-4,9-10H2. The Morgan fingerprint density at radius 3 is 2.71 bits per heavy atom. The van der Waals surface area contributed by atoms with E-state index in [1.807, 2.05) is 12.1 Å². The van der Waals surface area contributed by atoms with E-state index >= 15 is 0 Å². The molecule has 2 aromatic carbocycles. The topological polar surface area (TPSA) is 20.2 Å². The molecular formula is C19H19FO. The second kappa shape index (κ2) is 4.67. The Balaban J connectivity index is 1.77. The lowest BCUT2D eigenvalue weighted by atomic mass is 9.78. The summed E-state index contributed by atoms with van der Waals surface area (Å²) < 4.78 is 13.4. The first-order chi connectivity index (χ1) is 10.2. The molecule has 1 unspecified atom stereocenters. The Labute approximate surface area is 124 Å². The van der Waals surface area contributed by atoms with Gasteiger partial charge in [0.1, 0.15) is 11.4 Å². The SMILES string of the molecule is OC1(c2cccc(C3CCC3)c2)CCc2cc(F)ccc21. The maximum atomic E-state index is 13.4. The molecule has 2 aliphatic carbocycles. The first-order valence-corrected chi connectivity index (χ1v) is 7.78. The molecule has 1 nitrogen and oxygen atoms in total. The van der Waals surface area contributed by atoms with Crippen LogP contribution in [-0.2, 0) is 12.0 Å². The lowest BCUT2D eigenvalue weighted by Crippen LogP contribution is -2.24. The van der Waals surface area contributed by atoms with E-state index in [1.54, 1.807) is 12.1 Å². The molecule has 0 radical (unpaired) electrons. The largest absolute Gasteiger partial charge is 0.380 e. The van der Waals surface area contributed by atoms with Gasteiger partial charge in [-0.1, -0.05) is 36.8 Å². The Bertz CT molecular complexity index is 690. The monoisotopic (exact) mass is 282 g/mol. The molecule has 0 amide bonds. The van der Waals surface area contributed by atoms with Gasteiger partial charge in [-0.2, -0.15) is 0 Å². The number of rotatable bonds is 2. The minimum atomic E-state index is -0.956. The van der Waals surface area contributed by atoms with Crippen molar-refractivity contribution < 1.29 is 9.50 Å². The van der Waals surface area contributed by atoms with E-state index in [9.17, 15) is 9.50 Å². The summed E-state index contributed by atoms with van der Waals surface area (Å²) in [6.45, 7) is 0. The normalized spacial score (nSPS) is 24.7. The number of benzene rings is 2. The summed E-state index contributed by atoms with van der Waals surface area (Å²) in [4.78, 5) is 0. The predicted octanol–water partition coefficient (Wildman–Crippen LogP) is 4.28. The summed E-state index contributed by atoms with van der Waals surface area (Å²) in [6.07, 6.45) is 5.19. The minimum absolute atomic E-state index is 0.221. The predicted molar refractivity (Wildman–Crippen MR) is 80.8 cm³/mol. The van der Waals surface area contributed by atoms with E-state index in [4.69, 9.17) is 0 Å². The first-order valence-electron chi connectivity index (χ1n) is 7.78. The van der Waals surface area contributed by atoms with Gasteiger partial charge in [0.05, 0.1) is 0 Å². The lowest BCUT2D eigenvalue weighted by molar-refractivity contribution is 0.0827. The van der Waals surface area contributed by atoms with Gasteiger partial charge in [0.15, 0.2) is 0 Å². The zero-order chi connectivity index (χ0) is 14.4. The second-order valence-corrected chi connectivity index (χ2v) is 6.42. The van der Waals surface area contributed by atoms with E-state index in [0.29, 0.717) is 12.3 Å². The summed E-state index contributed by atoms with van der Waals surface area (Å²) in [6, 6.07) is 13.1. The molecule has 1 atom stereocenters. The van der Waals surface area contributed by atoms with Crippen LogP contribution in [-0.4, -0.2) is 5.11 Å². The fourth-order valence-corrected chi connectivity index (χ4v) is 3.71. The Kier molecular flexibility index (Phi) is 2.90. The summed E-state index contributed by atoms with van der Waals surface area (Å²) in [7, 11) is 0. The van der Waals surface area contributed by atoms with Crippen LogP contribution in [0, 0.1) is 5.82 Å². The van der Waals surface area contributed by atoms with Crippen molar-refractivity contribution in [3.05, 3.63) is 70.5 Å². The Hall–Kier alpha value is -1.67. The fourth-order valence-electron chi connectivity index (χ4n) is 3.71. The molecule has 1 N–H and O–H groups in total. The number of fused-ring (bicyclic) bond motifs is 1. The van der Waals surface area contributed by atoms with Crippen molar-refractivity contribution in [2.75, 3.05) is 0 Å². The summed E-state index contributed by atoms with van der Waals surface area (Å²) >= 11 is 0. The average molecular weight is 282 g/mol. The molecule has 0 saturated heterocycles. The highest BCUT2D eigenvalue weighted by molar-refractivity contribution is 5.46. The van der Waals surface area contributed by atoms with E-state index < -0.39 is 5.60 Å². The van der Waals surface area contributed by atoms with Crippen LogP contribution in [0.5, 0.6) is 0 Å². The quantitative estimate of drug-likeness (QED) is 0.872. The van der Waals surface area contributed by atoms with Crippen molar-refractivity contribution in [1.82, 2.24) is 0 Å². The summed E-state index contributed by atoms with van der Waals surface area (Å²) in [5.74, 6) is 0.434. The molecule has 1 fully saturated rings. The van der Waals surface area contributed by atoms with Crippen LogP contribution >= 0.6 is 0 Å². The van der Waals surface area contributed by atoms with Crippen molar-refractivity contribution in [3.63, 3.8) is 0 Å². The molecule has 2 aliphatic rings. The molecule has 0 aliphatic heterocycles. The number of halogens is 1. The fraction of sp³-hybridized carbons (Fsp3) is 0.368. The third kappa shape index (κ3) is 2.01. The van der Waals surface area contributed by atoms with Gasteiger partial charge in [0.25, 0.3) is 0 Å². The third-order valence-corrected chi connectivity index (χ3v) is 5.21. The van der Waals surface area contributed by atoms with Crippen molar-refractivity contribution in [1.29, 1.82) is 0 Å². The van der Waals surface area contributed by atoms with Gasteiger partial charge in [0, 0.05) is 0 Å². The van der Waals surface area contributed by atoms with Crippen LogP contribution in [0.4, 0.5) is 4.39 Å². The van der Waals surface area contributed by atoms with Gasteiger partial charge in [-0.05, 0) is 66.0 Å². The highest BCUT2D eigenvalue weighted by atomic mass is 19.1. The van der Waals surface area contributed by atoms with Gasteiger partial charge < -0.3 is 5.11 Å². The number of hydrogen-bond donors (Lipinski definition) is 1. The van der Waals surface area contributed by atoms with Crippen molar-refractivity contribution in [2.45, 2.75) is 43.6 Å². The molecule has 0 heterocycles. The van der Waals surface area contributed by atoms with Crippen LogP contribution < -0.4 is 0 Å². The molecule has 2 heteroatoms. The van der Waals surface area contributed by atoms with Crippen LogP contribution in [0.15, 0.2) is 42.5 Å². The lowest BCUT2D eigenvalue weighted by Gasteiger charge is -2.29. The van der Waals surface area contributed by atoms with E-state index in [1.165, 1.54) is 30.9 Å².